The number of hydrogen-bond donors (Lipinski definition) is 0. The maximum Gasteiger partial charge on any atom is 0.213 e. The normalized spacial score (nSPS) is 10.8. The monoisotopic (exact) mass is 469 g/mol. The fraction of sp³-hybridized carbons (Fsp3) is 0.160. The molecule has 176 valence electrons. The van der Waals surface area contributed by atoms with Crippen LogP contribution in [0.5, 0.6) is 17.4 Å². The van der Waals surface area contributed by atoms with E-state index in [1.165, 1.54) is 0 Å². The molecule has 5 rings (SSSR count). The van der Waals surface area contributed by atoms with Crippen LogP contribution in [0.1, 0.15) is 11.4 Å². The Labute approximate surface area is 201 Å². The van der Waals surface area contributed by atoms with Crippen molar-refractivity contribution in [2.75, 3.05) is 14.2 Å². The largest absolute Gasteiger partial charge is 0.496 e. The summed E-state index contributed by atoms with van der Waals surface area (Å²) in [5.41, 5.74) is 2.60. The van der Waals surface area contributed by atoms with Crippen LogP contribution < -0.4 is 14.2 Å². The van der Waals surface area contributed by atoms with Crippen molar-refractivity contribution in [2.24, 2.45) is 0 Å². The first-order valence-electron chi connectivity index (χ1n) is 10.9. The summed E-state index contributed by atoms with van der Waals surface area (Å²) in [7, 11) is 3.19. The number of nitrogens with zero attached hydrogens (tertiary/aromatic N) is 7. The topological polar surface area (TPSA) is 102 Å². The molecule has 0 aliphatic rings. The molecule has 0 amide bonds. The molecule has 10 heteroatoms. The Bertz CT molecular complexity index is 1380. The molecule has 0 radical (unpaired) electrons. The Morgan fingerprint density at radius 1 is 0.857 bits per heavy atom. The molecule has 0 unspecified atom stereocenters. The van der Waals surface area contributed by atoms with Crippen molar-refractivity contribution in [3.8, 4) is 34.5 Å². The van der Waals surface area contributed by atoms with Crippen LogP contribution in [-0.2, 0) is 13.2 Å². The van der Waals surface area contributed by atoms with Gasteiger partial charge in [-0.25, -0.2) is 4.98 Å². The van der Waals surface area contributed by atoms with Gasteiger partial charge >= 0.3 is 0 Å². The van der Waals surface area contributed by atoms with E-state index in [2.05, 4.69) is 25.4 Å². The summed E-state index contributed by atoms with van der Waals surface area (Å²) in [6.45, 7) is 0.782. The lowest BCUT2D eigenvalue weighted by molar-refractivity contribution is 0.304. The molecule has 10 nitrogen and oxygen atoms in total. The van der Waals surface area contributed by atoms with E-state index in [-0.39, 0.29) is 0 Å². The predicted molar refractivity (Wildman–Crippen MR) is 128 cm³/mol. The van der Waals surface area contributed by atoms with Gasteiger partial charge in [-0.05, 0) is 23.8 Å². The van der Waals surface area contributed by atoms with Gasteiger partial charge in [0.1, 0.15) is 24.7 Å². The lowest BCUT2D eigenvalue weighted by atomic mass is 10.1. The van der Waals surface area contributed by atoms with Gasteiger partial charge in [-0.2, -0.15) is 15.0 Å². The average molecular weight is 470 g/mol. The molecular formula is C25H23N7O3. The van der Waals surface area contributed by atoms with Gasteiger partial charge in [0, 0.05) is 12.1 Å². The molecule has 0 atom stereocenters. The van der Waals surface area contributed by atoms with Crippen LogP contribution in [0.3, 0.4) is 0 Å². The van der Waals surface area contributed by atoms with Gasteiger partial charge in [0.25, 0.3) is 0 Å². The highest BCUT2D eigenvalue weighted by molar-refractivity contribution is 5.68. The molecule has 0 saturated heterocycles. The van der Waals surface area contributed by atoms with Crippen molar-refractivity contribution < 1.29 is 14.2 Å². The SMILES string of the molecule is COc1ccc(-n2c(Cn3nccn3)nnc2-c2ccc(OCc3ccccc3)cc2OC)cn1. The highest BCUT2D eigenvalue weighted by Crippen LogP contribution is 2.34. The van der Waals surface area contributed by atoms with Crippen LogP contribution in [0.2, 0.25) is 0 Å². The molecule has 3 aromatic heterocycles. The summed E-state index contributed by atoms with van der Waals surface area (Å²) >= 11 is 0. The van der Waals surface area contributed by atoms with E-state index < -0.39 is 0 Å². The zero-order valence-corrected chi connectivity index (χ0v) is 19.3. The zero-order chi connectivity index (χ0) is 24.0. The number of methoxy groups -OCH3 is 2. The quantitative estimate of drug-likeness (QED) is 0.323. The van der Waals surface area contributed by atoms with Crippen LogP contribution >= 0.6 is 0 Å². The van der Waals surface area contributed by atoms with Gasteiger partial charge in [0.15, 0.2) is 11.6 Å². The molecule has 3 heterocycles. The minimum atomic E-state index is 0.326. The smallest absolute Gasteiger partial charge is 0.213 e. The molecule has 0 aliphatic carbocycles. The third kappa shape index (κ3) is 4.81. The van der Waals surface area contributed by atoms with Gasteiger partial charge in [-0.3, -0.25) is 4.57 Å². The maximum absolute atomic E-state index is 5.97. The first kappa shape index (κ1) is 22.1. The first-order valence-corrected chi connectivity index (χ1v) is 10.9. The van der Waals surface area contributed by atoms with Crippen LogP contribution in [0.25, 0.3) is 17.1 Å². The van der Waals surface area contributed by atoms with Crippen LogP contribution in [0.15, 0.2) is 79.3 Å². The molecule has 35 heavy (non-hydrogen) atoms. The minimum Gasteiger partial charge on any atom is -0.496 e. The van der Waals surface area contributed by atoms with E-state index in [0.29, 0.717) is 42.2 Å². The Hall–Kier alpha value is -4.73. The van der Waals surface area contributed by atoms with Crippen molar-refractivity contribution in [3.05, 3.63) is 90.6 Å². The third-order valence-electron chi connectivity index (χ3n) is 5.33. The standard InChI is InChI=1S/C25H23N7O3/c1-33-22-14-20(35-17-18-6-4-3-5-7-18)9-10-21(22)25-30-29-23(16-31-27-12-13-28-31)32(25)19-8-11-24(34-2)26-15-19/h3-15H,16-17H2,1-2H3. The summed E-state index contributed by atoms with van der Waals surface area (Å²) in [6, 6.07) is 19.3. The molecule has 0 N–H and O–H groups in total. The Morgan fingerprint density at radius 3 is 2.40 bits per heavy atom. The van der Waals surface area contributed by atoms with Gasteiger partial charge in [0.05, 0.1) is 44.1 Å². The van der Waals surface area contributed by atoms with Gasteiger partial charge in [0.2, 0.25) is 5.88 Å². The van der Waals surface area contributed by atoms with Crippen molar-refractivity contribution in [2.45, 2.75) is 13.2 Å². The second-order valence-electron chi connectivity index (χ2n) is 7.53. The highest BCUT2D eigenvalue weighted by Gasteiger charge is 2.20. The van der Waals surface area contributed by atoms with E-state index >= 15 is 0 Å². The Kier molecular flexibility index (Phi) is 6.33. The molecule has 5 aromatic rings. The fourth-order valence-electron chi connectivity index (χ4n) is 3.63. The highest BCUT2D eigenvalue weighted by atomic mass is 16.5. The lowest BCUT2D eigenvalue weighted by Gasteiger charge is -2.14. The number of aromatic nitrogens is 7. The summed E-state index contributed by atoms with van der Waals surface area (Å²) < 4.78 is 18.8. The maximum atomic E-state index is 5.97. The van der Waals surface area contributed by atoms with E-state index in [0.717, 1.165) is 16.8 Å². The number of benzene rings is 2. The van der Waals surface area contributed by atoms with Gasteiger partial charge in [-0.15, -0.1) is 10.2 Å². The molecule has 0 bridgehead atoms. The summed E-state index contributed by atoms with van der Waals surface area (Å²) in [5, 5.41) is 17.3. The Morgan fingerprint density at radius 2 is 1.69 bits per heavy atom. The summed E-state index contributed by atoms with van der Waals surface area (Å²) in [5.74, 6) is 3.03. The number of ether oxygens (including phenoxy) is 3. The minimum absolute atomic E-state index is 0.326. The Balaban J connectivity index is 1.52. The molecule has 0 aliphatic heterocycles. The second kappa shape index (κ2) is 10.0. The molecule has 0 spiro atoms. The third-order valence-corrected chi connectivity index (χ3v) is 5.33. The lowest BCUT2D eigenvalue weighted by Crippen LogP contribution is -2.11. The van der Waals surface area contributed by atoms with Crippen molar-refractivity contribution in [1.82, 2.24) is 34.7 Å². The van der Waals surface area contributed by atoms with E-state index in [4.69, 9.17) is 14.2 Å². The predicted octanol–water partition coefficient (Wildman–Crippen LogP) is 3.57. The van der Waals surface area contributed by atoms with Crippen molar-refractivity contribution >= 4 is 0 Å². The van der Waals surface area contributed by atoms with Gasteiger partial charge in [-0.1, -0.05) is 30.3 Å². The number of pyridine rings is 1. The van der Waals surface area contributed by atoms with Gasteiger partial charge < -0.3 is 14.2 Å². The van der Waals surface area contributed by atoms with Crippen LogP contribution in [-0.4, -0.2) is 49.0 Å². The molecule has 2 aromatic carbocycles. The van der Waals surface area contributed by atoms with E-state index in [1.54, 1.807) is 43.7 Å². The fourth-order valence-corrected chi connectivity index (χ4v) is 3.63. The summed E-state index contributed by atoms with van der Waals surface area (Å²) in [6.07, 6.45) is 4.94. The van der Waals surface area contributed by atoms with E-state index in [9.17, 15) is 0 Å². The average Bonchev–Trinajstić information content (AvgIpc) is 3.58. The zero-order valence-electron chi connectivity index (χ0n) is 19.3. The molecule has 0 fully saturated rings. The van der Waals surface area contributed by atoms with Crippen molar-refractivity contribution in [1.29, 1.82) is 0 Å². The number of hydrogen-bond acceptors (Lipinski definition) is 8. The van der Waals surface area contributed by atoms with Crippen LogP contribution in [0, 0.1) is 0 Å². The number of rotatable bonds is 9. The van der Waals surface area contributed by atoms with Crippen molar-refractivity contribution in [3.63, 3.8) is 0 Å². The second-order valence-corrected chi connectivity index (χ2v) is 7.53. The summed E-state index contributed by atoms with van der Waals surface area (Å²) in [4.78, 5) is 5.89. The van der Waals surface area contributed by atoms with E-state index in [1.807, 2.05) is 59.2 Å². The first-order chi connectivity index (χ1) is 17.2. The van der Waals surface area contributed by atoms with Crippen LogP contribution in [0.4, 0.5) is 0 Å². The molecule has 0 saturated carbocycles. The molecular weight excluding hydrogens is 446 g/mol.